The Bertz CT molecular complexity index is 704. The fourth-order valence-electron chi connectivity index (χ4n) is 2.82. The van der Waals surface area contributed by atoms with Crippen molar-refractivity contribution < 1.29 is 14.3 Å². The van der Waals surface area contributed by atoms with Crippen molar-refractivity contribution in [2.45, 2.75) is 25.4 Å². The number of hydrogen-bond donors (Lipinski definition) is 0. The van der Waals surface area contributed by atoms with Gasteiger partial charge in [-0.3, -0.25) is 4.79 Å². The van der Waals surface area contributed by atoms with E-state index in [0.717, 1.165) is 29.1 Å². The van der Waals surface area contributed by atoms with Crippen LogP contribution in [0.1, 0.15) is 24.8 Å². The van der Waals surface area contributed by atoms with Gasteiger partial charge in [0.05, 0.1) is 7.11 Å². The van der Waals surface area contributed by atoms with Crippen LogP contribution < -0.4 is 9.47 Å². The Morgan fingerprint density at radius 3 is 2.57 bits per heavy atom. The minimum Gasteiger partial charge on any atom is -0.496 e. The van der Waals surface area contributed by atoms with Gasteiger partial charge in [0.2, 0.25) is 0 Å². The number of Topliss-reactive ketones (excluding diaryl/α,β-unsaturated/α-hetero) is 1. The average molecular weight is 308 g/mol. The highest BCUT2D eigenvalue weighted by atomic mass is 16.5. The zero-order valence-electron chi connectivity index (χ0n) is 13.2. The molecule has 23 heavy (non-hydrogen) atoms. The van der Waals surface area contributed by atoms with E-state index >= 15 is 0 Å². The molecule has 0 radical (unpaired) electrons. The van der Waals surface area contributed by atoms with E-state index in [4.69, 9.17) is 9.47 Å². The first-order chi connectivity index (χ1) is 11.3. The van der Waals surface area contributed by atoms with Crippen LogP contribution >= 0.6 is 0 Å². The minimum atomic E-state index is 0.0380. The van der Waals surface area contributed by atoms with E-state index in [1.54, 1.807) is 7.11 Å². The van der Waals surface area contributed by atoms with Crippen molar-refractivity contribution >= 4 is 11.9 Å². The summed E-state index contributed by atoms with van der Waals surface area (Å²) in [5.41, 5.74) is 1.74. The van der Waals surface area contributed by atoms with E-state index in [0.29, 0.717) is 12.8 Å². The van der Waals surface area contributed by atoms with Gasteiger partial charge in [0.15, 0.2) is 5.78 Å². The molecule has 0 aromatic heterocycles. The van der Waals surface area contributed by atoms with Gasteiger partial charge in [0.1, 0.15) is 17.6 Å². The summed E-state index contributed by atoms with van der Waals surface area (Å²) in [5, 5.41) is 0. The highest BCUT2D eigenvalue weighted by Gasteiger charge is 2.25. The number of hydrogen-bond acceptors (Lipinski definition) is 3. The third-order valence-corrected chi connectivity index (χ3v) is 4.01. The minimum absolute atomic E-state index is 0.0380. The highest BCUT2D eigenvalue weighted by molar-refractivity contribution is 6.00. The summed E-state index contributed by atoms with van der Waals surface area (Å²) in [5.74, 6) is 1.83. The molecule has 0 N–H and O–H groups in total. The van der Waals surface area contributed by atoms with Gasteiger partial charge in [-0.2, -0.15) is 0 Å². The molecule has 2 aromatic rings. The molecule has 3 heteroatoms. The second-order valence-electron chi connectivity index (χ2n) is 5.63. The summed E-state index contributed by atoms with van der Waals surface area (Å²) in [4.78, 5) is 12.2. The van der Waals surface area contributed by atoms with Crippen LogP contribution in [0, 0.1) is 0 Å². The number of rotatable bonds is 4. The molecule has 0 bridgehead atoms. The van der Waals surface area contributed by atoms with Crippen molar-refractivity contribution in [2.75, 3.05) is 7.11 Å². The summed E-state index contributed by atoms with van der Waals surface area (Å²) in [6.45, 7) is 0. The normalized spacial score (nSPS) is 19.6. The lowest BCUT2D eigenvalue weighted by Crippen LogP contribution is -2.26. The summed E-state index contributed by atoms with van der Waals surface area (Å²) >= 11 is 0. The molecule has 1 saturated carbocycles. The molecule has 2 aromatic carbocycles. The number of carbonyl (C=O) groups excluding carboxylic acids is 1. The van der Waals surface area contributed by atoms with Crippen LogP contribution in [0.5, 0.6) is 11.5 Å². The van der Waals surface area contributed by atoms with Gasteiger partial charge >= 0.3 is 0 Å². The maximum atomic E-state index is 12.2. The van der Waals surface area contributed by atoms with Crippen molar-refractivity contribution in [3.8, 4) is 11.5 Å². The predicted molar refractivity (Wildman–Crippen MR) is 90.7 cm³/mol. The SMILES string of the molecule is COc1ccccc1/C=C1/CC(Oc2ccccc2)CCC1=O. The third kappa shape index (κ3) is 3.81. The van der Waals surface area contributed by atoms with Crippen molar-refractivity contribution in [3.05, 3.63) is 65.7 Å². The molecule has 1 atom stereocenters. The van der Waals surface area contributed by atoms with Crippen LogP contribution in [0.4, 0.5) is 0 Å². The van der Waals surface area contributed by atoms with E-state index in [1.165, 1.54) is 0 Å². The molecule has 0 heterocycles. The Morgan fingerprint density at radius 1 is 1.04 bits per heavy atom. The number of methoxy groups -OCH3 is 1. The Kier molecular flexibility index (Phi) is 4.77. The Hall–Kier alpha value is -2.55. The lowest BCUT2D eigenvalue weighted by molar-refractivity contribution is -0.117. The molecule has 0 saturated heterocycles. The topological polar surface area (TPSA) is 35.5 Å². The summed E-state index contributed by atoms with van der Waals surface area (Å²) in [7, 11) is 1.64. The highest BCUT2D eigenvalue weighted by Crippen LogP contribution is 2.28. The fraction of sp³-hybridized carbons (Fsp3) is 0.250. The van der Waals surface area contributed by atoms with E-state index in [9.17, 15) is 4.79 Å². The lowest BCUT2D eigenvalue weighted by atomic mass is 9.89. The van der Waals surface area contributed by atoms with E-state index in [1.807, 2.05) is 60.7 Å². The molecular formula is C20H20O3. The summed E-state index contributed by atoms with van der Waals surface area (Å²) in [6, 6.07) is 17.5. The van der Waals surface area contributed by atoms with E-state index in [-0.39, 0.29) is 11.9 Å². The smallest absolute Gasteiger partial charge is 0.159 e. The van der Waals surface area contributed by atoms with Crippen molar-refractivity contribution in [1.29, 1.82) is 0 Å². The van der Waals surface area contributed by atoms with E-state index < -0.39 is 0 Å². The summed E-state index contributed by atoms with van der Waals surface area (Å²) < 4.78 is 11.4. The van der Waals surface area contributed by atoms with Crippen LogP contribution in [-0.2, 0) is 4.79 Å². The largest absolute Gasteiger partial charge is 0.496 e. The first kappa shape index (κ1) is 15.3. The molecule has 1 fully saturated rings. The van der Waals surface area contributed by atoms with Crippen molar-refractivity contribution in [1.82, 2.24) is 0 Å². The molecule has 0 amide bonds. The van der Waals surface area contributed by atoms with Crippen LogP contribution in [-0.4, -0.2) is 19.0 Å². The molecule has 0 spiro atoms. The number of ketones is 1. The second-order valence-corrected chi connectivity index (χ2v) is 5.63. The van der Waals surface area contributed by atoms with Crippen molar-refractivity contribution in [2.24, 2.45) is 0 Å². The van der Waals surface area contributed by atoms with Gasteiger partial charge in [0, 0.05) is 18.4 Å². The zero-order valence-corrected chi connectivity index (χ0v) is 13.2. The molecule has 1 aliphatic carbocycles. The van der Waals surface area contributed by atoms with Gasteiger partial charge in [-0.25, -0.2) is 0 Å². The monoisotopic (exact) mass is 308 g/mol. The van der Waals surface area contributed by atoms with Crippen LogP contribution in [0.3, 0.4) is 0 Å². The molecule has 3 nitrogen and oxygen atoms in total. The predicted octanol–water partition coefficient (Wildman–Crippen LogP) is 4.28. The third-order valence-electron chi connectivity index (χ3n) is 4.01. The molecule has 0 aliphatic heterocycles. The van der Waals surface area contributed by atoms with Crippen LogP contribution in [0.25, 0.3) is 6.08 Å². The fourth-order valence-corrected chi connectivity index (χ4v) is 2.82. The zero-order chi connectivity index (χ0) is 16.1. The van der Waals surface area contributed by atoms with E-state index in [2.05, 4.69) is 0 Å². The quantitative estimate of drug-likeness (QED) is 0.791. The Labute approximate surface area is 136 Å². The number of ether oxygens (including phenoxy) is 2. The van der Waals surface area contributed by atoms with Crippen LogP contribution in [0.2, 0.25) is 0 Å². The number of para-hydroxylation sites is 2. The molecule has 3 rings (SSSR count). The van der Waals surface area contributed by atoms with Gasteiger partial charge in [0.25, 0.3) is 0 Å². The average Bonchev–Trinajstić information content (AvgIpc) is 2.59. The maximum Gasteiger partial charge on any atom is 0.159 e. The van der Waals surface area contributed by atoms with Gasteiger partial charge < -0.3 is 9.47 Å². The second kappa shape index (κ2) is 7.14. The number of benzene rings is 2. The number of carbonyl (C=O) groups is 1. The molecule has 118 valence electrons. The standard InChI is InChI=1S/C20H20O3/c1-22-20-10-6-5-7-15(20)13-16-14-18(11-12-19(16)21)23-17-8-3-2-4-9-17/h2-10,13,18H,11-12,14H2,1H3/b16-13-. The Balaban J connectivity index is 1.78. The first-order valence-electron chi connectivity index (χ1n) is 7.85. The molecular weight excluding hydrogens is 288 g/mol. The van der Waals surface area contributed by atoms with Gasteiger partial charge in [-0.05, 0) is 36.3 Å². The first-order valence-corrected chi connectivity index (χ1v) is 7.85. The van der Waals surface area contributed by atoms with Crippen molar-refractivity contribution in [3.63, 3.8) is 0 Å². The molecule has 1 aliphatic rings. The lowest BCUT2D eigenvalue weighted by Gasteiger charge is -2.24. The van der Waals surface area contributed by atoms with Gasteiger partial charge in [-0.15, -0.1) is 0 Å². The Morgan fingerprint density at radius 2 is 1.78 bits per heavy atom. The van der Waals surface area contributed by atoms with Crippen LogP contribution in [0.15, 0.2) is 60.2 Å². The maximum absolute atomic E-state index is 12.2. The van der Waals surface area contributed by atoms with Gasteiger partial charge in [-0.1, -0.05) is 36.4 Å². The molecule has 1 unspecified atom stereocenters. The summed E-state index contributed by atoms with van der Waals surface area (Å²) in [6.07, 6.45) is 3.89.